The molecular weight excluding hydrogens is 382 g/mol. The molecule has 8 heteroatoms. The van der Waals surface area contributed by atoms with Crippen molar-refractivity contribution in [3.05, 3.63) is 65.5 Å². The Morgan fingerprint density at radius 2 is 2.00 bits per heavy atom. The maximum absolute atomic E-state index is 12.6. The van der Waals surface area contributed by atoms with E-state index in [4.69, 9.17) is 9.47 Å². The molecular formula is C22H25N5O3. The number of carbonyl (C=O) groups is 1. The van der Waals surface area contributed by atoms with Crippen molar-refractivity contribution in [1.29, 1.82) is 0 Å². The van der Waals surface area contributed by atoms with Crippen LogP contribution in [0.2, 0.25) is 0 Å². The number of hydrogen-bond donors (Lipinski definition) is 1. The predicted molar refractivity (Wildman–Crippen MR) is 111 cm³/mol. The topological polar surface area (TPSA) is 93.2 Å². The lowest BCUT2D eigenvalue weighted by atomic mass is 10.0. The molecule has 0 unspecified atom stereocenters. The summed E-state index contributed by atoms with van der Waals surface area (Å²) in [5.41, 5.74) is 3.19. The average Bonchev–Trinajstić information content (AvgIpc) is 3.44. The Labute approximate surface area is 175 Å². The van der Waals surface area contributed by atoms with E-state index in [-0.39, 0.29) is 11.8 Å². The molecule has 0 bridgehead atoms. The number of nitrogens with zero attached hydrogens (tertiary/aromatic N) is 4. The summed E-state index contributed by atoms with van der Waals surface area (Å²) in [6, 6.07) is 9.60. The van der Waals surface area contributed by atoms with Crippen LogP contribution in [0.15, 0.2) is 42.7 Å². The zero-order chi connectivity index (χ0) is 20.9. The number of carbonyl (C=O) groups excluding carboxylic acids is 1. The number of benzene rings is 1. The number of aromatic nitrogens is 4. The first-order valence-electron chi connectivity index (χ1n) is 10.0. The van der Waals surface area contributed by atoms with Crippen LogP contribution in [0.3, 0.4) is 0 Å². The van der Waals surface area contributed by atoms with E-state index in [0.717, 1.165) is 41.4 Å². The lowest BCUT2D eigenvalue weighted by Crippen LogP contribution is -2.29. The zero-order valence-corrected chi connectivity index (χ0v) is 17.2. The summed E-state index contributed by atoms with van der Waals surface area (Å²) in [6.07, 6.45) is 4.78. The second kappa shape index (κ2) is 8.94. The highest BCUT2D eigenvalue weighted by Crippen LogP contribution is 2.27. The van der Waals surface area contributed by atoms with Gasteiger partial charge in [0.15, 0.2) is 0 Å². The van der Waals surface area contributed by atoms with Crippen LogP contribution in [-0.4, -0.2) is 57.8 Å². The number of nitrogens with one attached hydrogen (secondary N) is 1. The minimum absolute atomic E-state index is 0.0753. The van der Waals surface area contributed by atoms with E-state index < -0.39 is 0 Å². The van der Waals surface area contributed by atoms with Crippen LogP contribution in [-0.2, 0) is 6.42 Å². The summed E-state index contributed by atoms with van der Waals surface area (Å²) in [5, 5.41) is 7.55. The normalized spacial score (nSPS) is 15.9. The van der Waals surface area contributed by atoms with Gasteiger partial charge in [-0.05, 0) is 43.7 Å². The molecule has 1 aliphatic heterocycles. The summed E-state index contributed by atoms with van der Waals surface area (Å²) in [4.78, 5) is 22.8. The monoisotopic (exact) mass is 407 g/mol. The zero-order valence-electron chi connectivity index (χ0n) is 17.2. The smallest absolute Gasteiger partial charge is 0.274 e. The van der Waals surface area contributed by atoms with Gasteiger partial charge in [-0.1, -0.05) is 0 Å². The summed E-state index contributed by atoms with van der Waals surface area (Å²) in [5.74, 6) is 1.76. The van der Waals surface area contributed by atoms with Gasteiger partial charge in [0.25, 0.3) is 5.91 Å². The van der Waals surface area contributed by atoms with Gasteiger partial charge in [-0.2, -0.15) is 5.10 Å². The molecule has 4 rings (SSSR count). The molecule has 0 aliphatic carbocycles. The molecule has 3 heterocycles. The van der Waals surface area contributed by atoms with E-state index >= 15 is 0 Å². The van der Waals surface area contributed by atoms with E-state index in [1.807, 2.05) is 36.1 Å². The van der Waals surface area contributed by atoms with Gasteiger partial charge in [-0.3, -0.25) is 14.9 Å². The number of aryl methyl sites for hydroxylation is 1. The lowest BCUT2D eigenvalue weighted by Gasteiger charge is -2.15. The number of aromatic amines is 1. The molecule has 1 amide bonds. The minimum atomic E-state index is -0.0753. The molecule has 1 atom stereocenters. The van der Waals surface area contributed by atoms with Crippen LogP contribution in [0.25, 0.3) is 0 Å². The number of likely N-dealkylation sites (tertiary alicyclic amines) is 1. The number of methoxy groups -OCH3 is 1. The molecule has 0 radical (unpaired) electrons. The predicted octanol–water partition coefficient (Wildman–Crippen LogP) is 2.77. The molecule has 156 valence electrons. The number of rotatable bonds is 7. The minimum Gasteiger partial charge on any atom is -0.497 e. The van der Waals surface area contributed by atoms with Crippen molar-refractivity contribution in [2.75, 3.05) is 26.8 Å². The van der Waals surface area contributed by atoms with Gasteiger partial charge in [-0.25, -0.2) is 4.98 Å². The lowest BCUT2D eigenvalue weighted by molar-refractivity contribution is 0.0784. The third kappa shape index (κ3) is 4.59. The SMILES string of the molecule is COc1ccc(OCCc2cc([C@@H]3CCN(C(=O)c4cnc(C)cn4)C3)n[nH]2)cc1. The van der Waals surface area contributed by atoms with E-state index in [1.165, 1.54) is 0 Å². The van der Waals surface area contributed by atoms with Crippen molar-refractivity contribution in [3.8, 4) is 11.5 Å². The molecule has 1 fully saturated rings. The fourth-order valence-electron chi connectivity index (χ4n) is 3.52. The van der Waals surface area contributed by atoms with Gasteiger partial charge >= 0.3 is 0 Å². The number of hydrogen-bond acceptors (Lipinski definition) is 6. The molecule has 1 aliphatic rings. The summed E-state index contributed by atoms with van der Waals surface area (Å²) < 4.78 is 10.9. The summed E-state index contributed by atoms with van der Waals surface area (Å²) in [6.45, 7) is 3.74. The Bertz CT molecular complexity index is 985. The Morgan fingerprint density at radius 3 is 2.73 bits per heavy atom. The third-order valence-electron chi connectivity index (χ3n) is 5.24. The second-order valence-electron chi connectivity index (χ2n) is 7.37. The van der Waals surface area contributed by atoms with Gasteiger partial charge in [0.2, 0.25) is 0 Å². The quantitative estimate of drug-likeness (QED) is 0.647. The van der Waals surface area contributed by atoms with Crippen LogP contribution in [0.1, 0.15) is 39.9 Å². The van der Waals surface area contributed by atoms with Crippen molar-refractivity contribution in [2.24, 2.45) is 0 Å². The Kier molecular flexibility index (Phi) is 5.92. The van der Waals surface area contributed by atoms with Crippen molar-refractivity contribution < 1.29 is 14.3 Å². The molecule has 8 nitrogen and oxygen atoms in total. The van der Waals surface area contributed by atoms with Crippen molar-refractivity contribution in [2.45, 2.75) is 25.7 Å². The highest BCUT2D eigenvalue weighted by molar-refractivity contribution is 5.92. The fraction of sp³-hybridized carbons (Fsp3) is 0.364. The molecule has 30 heavy (non-hydrogen) atoms. The highest BCUT2D eigenvalue weighted by atomic mass is 16.5. The van der Waals surface area contributed by atoms with Crippen molar-refractivity contribution >= 4 is 5.91 Å². The van der Waals surface area contributed by atoms with E-state index in [2.05, 4.69) is 26.2 Å². The van der Waals surface area contributed by atoms with E-state index in [0.29, 0.717) is 25.4 Å². The largest absolute Gasteiger partial charge is 0.497 e. The van der Waals surface area contributed by atoms with Crippen LogP contribution in [0.5, 0.6) is 11.5 Å². The van der Waals surface area contributed by atoms with E-state index in [1.54, 1.807) is 19.5 Å². The van der Waals surface area contributed by atoms with E-state index in [9.17, 15) is 4.79 Å². The van der Waals surface area contributed by atoms with Crippen LogP contribution in [0.4, 0.5) is 0 Å². The van der Waals surface area contributed by atoms with Crippen molar-refractivity contribution in [3.63, 3.8) is 0 Å². The van der Waals surface area contributed by atoms with Gasteiger partial charge in [0.1, 0.15) is 17.2 Å². The molecule has 2 aromatic heterocycles. The summed E-state index contributed by atoms with van der Waals surface area (Å²) >= 11 is 0. The van der Waals surface area contributed by atoms with Gasteiger partial charge in [0.05, 0.1) is 31.3 Å². The first-order valence-corrected chi connectivity index (χ1v) is 10.0. The standard InChI is InChI=1S/C22H25N5O3/c1-15-12-24-21(13-23-15)22(28)27-9-7-16(14-27)20-11-17(25-26-20)8-10-30-19-5-3-18(29-2)4-6-19/h3-6,11-13,16H,7-10,14H2,1-2H3,(H,25,26)/t16-/m1/s1. The molecule has 0 saturated carbocycles. The molecule has 1 saturated heterocycles. The van der Waals surface area contributed by atoms with Crippen LogP contribution >= 0.6 is 0 Å². The maximum Gasteiger partial charge on any atom is 0.274 e. The molecule has 1 N–H and O–H groups in total. The highest BCUT2D eigenvalue weighted by Gasteiger charge is 2.30. The molecule has 1 aromatic carbocycles. The van der Waals surface area contributed by atoms with Gasteiger partial charge in [-0.15, -0.1) is 0 Å². The Balaban J connectivity index is 1.28. The van der Waals surface area contributed by atoms with Crippen LogP contribution < -0.4 is 9.47 Å². The molecule has 0 spiro atoms. The Morgan fingerprint density at radius 1 is 1.20 bits per heavy atom. The third-order valence-corrected chi connectivity index (χ3v) is 5.24. The van der Waals surface area contributed by atoms with Crippen molar-refractivity contribution in [1.82, 2.24) is 25.1 Å². The average molecular weight is 407 g/mol. The van der Waals surface area contributed by atoms with Gasteiger partial charge < -0.3 is 14.4 Å². The Hall–Kier alpha value is -3.42. The first-order chi connectivity index (χ1) is 14.6. The second-order valence-corrected chi connectivity index (χ2v) is 7.37. The summed E-state index contributed by atoms with van der Waals surface area (Å²) in [7, 11) is 1.64. The fourth-order valence-corrected chi connectivity index (χ4v) is 3.52. The number of H-pyrrole nitrogens is 1. The molecule has 3 aromatic rings. The maximum atomic E-state index is 12.6. The number of amides is 1. The van der Waals surface area contributed by atoms with Gasteiger partial charge in [0, 0.05) is 37.3 Å². The number of ether oxygens (including phenoxy) is 2. The first kappa shape index (κ1) is 19.9. The van der Waals surface area contributed by atoms with Crippen LogP contribution in [0, 0.1) is 6.92 Å².